The third-order valence-electron chi connectivity index (χ3n) is 4.67. The molecule has 0 unspecified atom stereocenters. The fraction of sp³-hybridized carbons (Fsp3) is 0.556. The van der Waals surface area contributed by atoms with Crippen LogP contribution in [0.3, 0.4) is 0 Å². The van der Waals surface area contributed by atoms with E-state index in [-0.39, 0.29) is 37.1 Å². The van der Waals surface area contributed by atoms with E-state index in [1.165, 1.54) is 10.4 Å². The number of hydrogen-bond donors (Lipinski definition) is 2. The number of esters is 1. The molecule has 3 rings (SSSR count). The van der Waals surface area contributed by atoms with Crippen LogP contribution in [0.2, 0.25) is 0 Å². The molecule has 1 aromatic rings. The van der Waals surface area contributed by atoms with Crippen LogP contribution in [-0.4, -0.2) is 56.0 Å². The summed E-state index contributed by atoms with van der Waals surface area (Å²) < 4.78 is 45.8. The summed E-state index contributed by atoms with van der Waals surface area (Å²) in [7, 11) is -3.21. The molecule has 2 fully saturated rings. The third kappa shape index (κ3) is 4.99. The number of nitrogens with zero attached hydrogens (tertiary/aromatic N) is 2. The minimum absolute atomic E-state index is 0. The molecule has 0 amide bonds. The predicted molar refractivity (Wildman–Crippen MR) is 105 cm³/mol. The van der Waals surface area contributed by atoms with Gasteiger partial charge in [-0.1, -0.05) is 19.6 Å². The van der Waals surface area contributed by atoms with E-state index in [0.717, 1.165) is 12.8 Å². The number of halogens is 1. The fourth-order valence-electron chi connectivity index (χ4n) is 3.05. The molecule has 0 radical (unpaired) electrons. The van der Waals surface area contributed by atoms with Crippen LogP contribution >= 0.6 is 0 Å². The lowest BCUT2D eigenvalue weighted by molar-refractivity contribution is -0.143. The second-order valence-electron chi connectivity index (χ2n) is 6.74. The number of anilines is 1. The van der Waals surface area contributed by atoms with Crippen LogP contribution in [0.25, 0.3) is 0 Å². The Morgan fingerprint density at radius 1 is 1.25 bits per heavy atom. The zero-order chi connectivity index (χ0) is 19.6. The summed E-state index contributed by atoms with van der Waals surface area (Å²) in [6.45, 7) is 1.21. The van der Waals surface area contributed by atoms with E-state index in [1.807, 2.05) is 0 Å². The van der Waals surface area contributed by atoms with Gasteiger partial charge in [0.05, 0.1) is 10.9 Å². The minimum Gasteiger partial charge on any atom is -0.460 e. The van der Waals surface area contributed by atoms with Gasteiger partial charge in [-0.2, -0.15) is 4.31 Å². The van der Waals surface area contributed by atoms with Crippen molar-refractivity contribution in [3.8, 4) is 0 Å². The second-order valence-corrected chi connectivity index (χ2v) is 8.96. The Balaban J connectivity index is 0.00000280. The number of carbonyl (C=O) groups excluding carboxylic acids is 1. The Hall–Kier alpha value is -2.20. The Bertz CT molecular complexity index is 834. The van der Waals surface area contributed by atoms with Crippen molar-refractivity contribution in [2.75, 3.05) is 31.1 Å². The molecule has 3 N–H and O–H groups in total. The Labute approximate surface area is 165 Å². The number of benzene rings is 1. The quantitative estimate of drug-likeness (QED) is 0.396. The van der Waals surface area contributed by atoms with Crippen molar-refractivity contribution in [3.05, 3.63) is 29.6 Å². The number of sulfonamides is 1. The lowest BCUT2D eigenvalue weighted by atomic mass is 10.1. The van der Waals surface area contributed by atoms with E-state index >= 15 is 0 Å². The number of ether oxygens (including phenoxy) is 1. The number of rotatable bonds is 7. The summed E-state index contributed by atoms with van der Waals surface area (Å²) in [5, 5.41) is 6.82. The van der Waals surface area contributed by atoms with Crippen LogP contribution in [0.1, 0.15) is 32.3 Å². The van der Waals surface area contributed by atoms with E-state index in [9.17, 15) is 17.6 Å². The Morgan fingerprint density at radius 2 is 1.89 bits per heavy atom. The monoisotopic (exact) mass is 414 g/mol. The standard InChI is InChI=1S/C17H23FN4O4S.CH4/c18-17-12(11-26-16(23)10-15(19)20)2-1-3-14(17)21-6-8-22(9-7-21)27(24,25)13-4-5-13;/h1-3,13H,4-11H2,(H3,19,20);1H4. The van der Waals surface area contributed by atoms with Gasteiger partial charge in [-0.3, -0.25) is 10.2 Å². The van der Waals surface area contributed by atoms with Gasteiger partial charge in [-0.15, -0.1) is 0 Å². The number of amidine groups is 1. The first-order chi connectivity index (χ1) is 12.8. The van der Waals surface area contributed by atoms with Gasteiger partial charge >= 0.3 is 5.97 Å². The molecule has 1 heterocycles. The highest BCUT2D eigenvalue weighted by Gasteiger charge is 2.41. The van der Waals surface area contributed by atoms with Gasteiger partial charge in [-0.05, 0) is 18.9 Å². The van der Waals surface area contributed by atoms with Crippen LogP contribution in [0, 0.1) is 11.2 Å². The van der Waals surface area contributed by atoms with Crippen LogP contribution in [0.15, 0.2) is 18.2 Å². The first-order valence-electron chi connectivity index (χ1n) is 8.79. The molecule has 8 nitrogen and oxygen atoms in total. The summed E-state index contributed by atoms with van der Waals surface area (Å²) in [5.41, 5.74) is 5.71. The van der Waals surface area contributed by atoms with Gasteiger partial charge in [0.25, 0.3) is 0 Å². The lowest BCUT2D eigenvalue weighted by Crippen LogP contribution is -2.49. The number of piperazine rings is 1. The van der Waals surface area contributed by atoms with Crippen molar-refractivity contribution in [3.63, 3.8) is 0 Å². The summed E-state index contributed by atoms with van der Waals surface area (Å²) in [5.74, 6) is -1.49. The Kier molecular flexibility index (Phi) is 7.00. The van der Waals surface area contributed by atoms with Gasteiger partial charge in [0.15, 0.2) is 5.82 Å². The number of nitrogens with two attached hydrogens (primary N) is 1. The molecule has 0 aromatic heterocycles. The highest BCUT2D eigenvalue weighted by atomic mass is 32.2. The molecule has 28 heavy (non-hydrogen) atoms. The zero-order valence-electron chi connectivity index (χ0n) is 14.9. The predicted octanol–water partition coefficient (Wildman–Crippen LogP) is 1.45. The molecule has 1 saturated heterocycles. The van der Waals surface area contributed by atoms with Crippen LogP contribution in [0.5, 0.6) is 0 Å². The van der Waals surface area contributed by atoms with E-state index in [1.54, 1.807) is 17.0 Å². The maximum atomic E-state index is 14.8. The third-order valence-corrected chi connectivity index (χ3v) is 7.07. The van der Waals surface area contributed by atoms with Gasteiger partial charge in [0.2, 0.25) is 10.0 Å². The van der Waals surface area contributed by atoms with E-state index in [0.29, 0.717) is 31.9 Å². The number of carbonyl (C=O) groups is 1. The fourth-order valence-corrected chi connectivity index (χ4v) is 4.87. The maximum absolute atomic E-state index is 14.8. The van der Waals surface area contributed by atoms with Crippen molar-refractivity contribution >= 4 is 27.5 Å². The second kappa shape index (κ2) is 8.87. The summed E-state index contributed by atoms with van der Waals surface area (Å²) in [6, 6.07) is 4.81. The molecule has 1 aromatic carbocycles. The molecule has 1 aliphatic carbocycles. The average Bonchev–Trinajstić information content (AvgIpc) is 3.46. The summed E-state index contributed by atoms with van der Waals surface area (Å²) >= 11 is 0. The molecule has 10 heteroatoms. The molecular weight excluding hydrogens is 387 g/mol. The van der Waals surface area contributed by atoms with Gasteiger partial charge in [0, 0.05) is 31.7 Å². The highest BCUT2D eigenvalue weighted by Crippen LogP contribution is 2.32. The molecule has 2 aliphatic rings. The molecule has 0 bridgehead atoms. The van der Waals surface area contributed by atoms with Crippen molar-refractivity contribution in [2.45, 2.75) is 38.5 Å². The van der Waals surface area contributed by atoms with E-state index in [4.69, 9.17) is 15.9 Å². The first kappa shape index (κ1) is 22.1. The molecule has 1 aliphatic heterocycles. The van der Waals surface area contributed by atoms with E-state index in [2.05, 4.69) is 0 Å². The van der Waals surface area contributed by atoms with Crippen molar-refractivity contribution < 1.29 is 22.3 Å². The lowest BCUT2D eigenvalue weighted by Gasteiger charge is -2.35. The largest absolute Gasteiger partial charge is 0.460 e. The highest BCUT2D eigenvalue weighted by molar-refractivity contribution is 7.90. The van der Waals surface area contributed by atoms with Gasteiger partial charge in [0.1, 0.15) is 18.9 Å². The first-order valence-corrected chi connectivity index (χ1v) is 10.3. The van der Waals surface area contributed by atoms with Crippen LogP contribution in [0.4, 0.5) is 10.1 Å². The van der Waals surface area contributed by atoms with Gasteiger partial charge < -0.3 is 15.4 Å². The summed E-state index contributed by atoms with van der Waals surface area (Å²) in [6.07, 6.45) is 1.11. The maximum Gasteiger partial charge on any atom is 0.313 e. The molecule has 0 atom stereocenters. The van der Waals surface area contributed by atoms with Crippen molar-refractivity contribution in [1.82, 2.24) is 4.31 Å². The van der Waals surface area contributed by atoms with Crippen LogP contribution < -0.4 is 10.6 Å². The zero-order valence-corrected chi connectivity index (χ0v) is 15.7. The molecule has 1 saturated carbocycles. The van der Waals surface area contributed by atoms with E-state index < -0.39 is 21.8 Å². The SMILES string of the molecule is C.N=C(N)CC(=O)OCc1cccc(N2CCN(S(=O)(=O)C3CC3)CC2)c1F. The van der Waals surface area contributed by atoms with Crippen molar-refractivity contribution in [1.29, 1.82) is 5.41 Å². The summed E-state index contributed by atoms with van der Waals surface area (Å²) in [4.78, 5) is 13.3. The van der Waals surface area contributed by atoms with Crippen molar-refractivity contribution in [2.24, 2.45) is 5.73 Å². The normalized spacial score (nSPS) is 17.7. The molecule has 0 spiro atoms. The average molecular weight is 415 g/mol. The molecular formula is C18H27FN4O4S. The topological polar surface area (TPSA) is 117 Å². The van der Waals surface area contributed by atoms with Gasteiger partial charge in [-0.25, -0.2) is 12.8 Å². The smallest absolute Gasteiger partial charge is 0.313 e. The molecule has 156 valence electrons. The minimum atomic E-state index is -3.21. The number of hydrogen-bond acceptors (Lipinski definition) is 6. The van der Waals surface area contributed by atoms with Crippen LogP contribution in [-0.2, 0) is 26.2 Å². The Morgan fingerprint density at radius 3 is 2.46 bits per heavy atom. The number of nitrogens with one attached hydrogen (secondary N) is 1.